The highest BCUT2D eigenvalue weighted by molar-refractivity contribution is 5.85. The van der Waals surface area contributed by atoms with E-state index in [4.69, 9.17) is 4.74 Å². The molecule has 5 heteroatoms. The number of rotatable bonds is 3. The first kappa shape index (κ1) is 14.7. The molecule has 1 aliphatic rings. The van der Waals surface area contributed by atoms with Gasteiger partial charge >= 0.3 is 6.09 Å². The van der Waals surface area contributed by atoms with Gasteiger partial charge in [-0.2, -0.15) is 0 Å². The van der Waals surface area contributed by atoms with E-state index in [-0.39, 0.29) is 17.8 Å². The molecular weight excluding hydrogens is 258 g/mol. The van der Waals surface area contributed by atoms with Crippen LogP contribution in [0.15, 0.2) is 18.2 Å². The van der Waals surface area contributed by atoms with E-state index >= 15 is 0 Å². The van der Waals surface area contributed by atoms with Crippen molar-refractivity contribution >= 4 is 11.8 Å². The van der Waals surface area contributed by atoms with Crippen molar-refractivity contribution in [1.82, 2.24) is 0 Å². The molecule has 1 aromatic carbocycles. The first-order valence-corrected chi connectivity index (χ1v) is 6.70. The molecule has 1 fully saturated rings. The van der Waals surface area contributed by atoms with Crippen molar-refractivity contribution in [1.29, 1.82) is 0 Å². The molecule has 0 aromatic heterocycles. The number of carbonyl (C=O) groups excluding carboxylic acids is 1. The van der Waals surface area contributed by atoms with Crippen molar-refractivity contribution in [2.45, 2.75) is 44.6 Å². The first-order chi connectivity index (χ1) is 9.26. The van der Waals surface area contributed by atoms with Crippen LogP contribution in [-0.4, -0.2) is 28.5 Å². The maximum absolute atomic E-state index is 11.6. The Hall–Kier alpha value is -1.75. The molecule has 2 rings (SSSR count). The number of carbonyl (C=O) groups is 1. The summed E-state index contributed by atoms with van der Waals surface area (Å²) in [5, 5.41) is 22.0. The number of hydrogen-bond acceptors (Lipinski definition) is 4. The molecule has 0 spiro atoms. The van der Waals surface area contributed by atoms with Gasteiger partial charge in [-0.05, 0) is 39.7 Å². The van der Waals surface area contributed by atoms with E-state index in [2.05, 4.69) is 5.32 Å². The lowest BCUT2D eigenvalue weighted by molar-refractivity contribution is 0.0636. The van der Waals surface area contributed by atoms with Crippen molar-refractivity contribution in [2.75, 3.05) is 11.9 Å². The second-order valence-corrected chi connectivity index (χ2v) is 6.30. The molecule has 3 N–H and O–H groups in total. The number of aliphatic hydroxyl groups is 1. The number of aliphatic hydroxyl groups excluding tert-OH is 1. The van der Waals surface area contributed by atoms with Gasteiger partial charge < -0.3 is 14.9 Å². The summed E-state index contributed by atoms with van der Waals surface area (Å²) in [7, 11) is 0. The fourth-order valence-corrected chi connectivity index (χ4v) is 2.14. The fourth-order valence-electron chi connectivity index (χ4n) is 2.14. The van der Waals surface area contributed by atoms with Gasteiger partial charge in [0.15, 0.2) is 0 Å². The summed E-state index contributed by atoms with van der Waals surface area (Å²) >= 11 is 0. The SMILES string of the molecule is CC(C)(C)OC(=O)Nc1ccc(C2(CO)CC2)c(O)c1. The predicted octanol–water partition coefficient (Wildman–Crippen LogP) is 2.76. The molecule has 0 radical (unpaired) electrons. The molecule has 1 aliphatic carbocycles. The van der Waals surface area contributed by atoms with Crippen molar-refractivity contribution < 1.29 is 19.7 Å². The van der Waals surface area contributed by atoms with E-state index < -0.39 is 11.7 Å². The maximum atomic E-state index is 11.6. The van der Waals surface area contributed by atoms with Crippen LogP contribution in [0, 0.1) is 0 Å². The normalized spacial score (nSPS) is 16.6. The number of aromatic hydroxyl groups is 1. The van der Waals surface area contributed by atoms with Gasteiger partial charge in [-0.25, -0.2) is 4.79 Å². The van der Waals surface area contributed by atoms with Gasteiger partial charge in [0.25, 0.3) is 0 Å². The lowest BCUT2D eigenvalue weighted by Crippen LogP contribution is -2.27. The predicted molar refractivity (Wildman–Crippen MR) is 76.0 cm³/mol. The van der Waals surface area contributed by atoms with Crippen molar-refractivity contribution in [3.63, 3.8) is 0 Å². The third-order valence-corrected chi connectivity index (χ3v) is 3.37. The summed E-state index contributed by atoms with van der Waals surface area (Å²) in [6.45, 7) is 5.38. The van der Waals surface area contributed by atoms with Gasteiger partial charge in [0.1, 0.15) is 11.4 Å². The van der Waals surface area contributed by atoms with Crippen LogP contribution < -0.4 is 5.32 Å². The van der Waals surface area contributed by atoms with Gasteiger partial charge in [-0.3, -0.25) is 5.32 Å². The fraction of sp³-hybridized carbons (Fsp3) is 0.533. The zero-order valence-corrected chi connectivity index (χ0v) is 12.1. The van der Waals surface area contributed by atoms with Crippen molar-refractivity contribution in [2.24, 2.45) is 0 Å². The average Bonchev–Trinajstić information content (AvgIpc) is 3.07. The molecule has 0 atom stereocenters. The Balaban J connectivity index is 2.08. The molecular formula is C15H21NO4. The van der Waals surface area contributed by atoms with Crippen LogP contribution in [0.25, 0.3) is 0 Å². The number of ether oxygens (including phenoxy) is 1. The van der Waals surface area contributed by atoms with Gasteiger partial charge in [0.2, 0.25) is 0 Å². The number of phenols is 1. The highest BCUT2D eigenvalue weighted by atomic mass is 16.6. The van der Waals surface area contributed by atoms with Crippen LogP contribution >= 0.6 is 0 Å². The standard InChI is InChI=1S/C15H21NO4/c1-14(2,3)20-13(19)16-10-4-5-11(12(18)8-10)15(9-17)6-7-15/h4-5,8,17-18H,6-7,9H2,1-3H3,(H,16,19). The number of amides is 1. The minimum Gasteiger partial charge on any atom is -0.508 e. The largest absolute Gasteiger partial charge is 0.508 e. The lowest BCUT2D eigenvalue weighted by Gasteiger charge is -2.20. The van der Waals surface area contributed by atoms with E-state index in [1.807, 2.05) is 0 Å². The Morgan fingerprint density at radius 2 is 2.05 bits per heavy atom. The second kappa shape index (κ2) is 4.98. The molecule has 110 valence electrons. The first-order valence-electron chi connectivity index (χ1n) is 6.70. The van der Waals surface area contributed by atoms with Crippen LogP contribution in [0.3, 0.4) is 0 Å². The Morgan fingerprint density at radius 1 is 1.40 bits per heavy atom. The van der Waals surface area contributed by atoms with Gasteiger partial charge in [0, 0.05) is 22.7 Å². The molecule has 0 unspecified atom stereocenters. The van der Waals surface area contributed by atoms with E-state index in [0.29, 0.717) is 5.69 Å². The molecule has 20 heavy (non-hydrogen) atoms. The van der Waals surface area contributed by atoms with Gasteiger partial charge in [0.05, 0.1) is 6.61 Å². The Morgan fingerprint density at radius 3 is 2.50 bits per heavy atom. The zero-order chi connectivity index (χ0) is 15.0. The molecule has 1 aromatic rings. The third-order valence-electron chi connectivity index (χ3n) is 3.37. The van der Waals surface area contributed by atoms with Crippen LogP contribution in [0.2, 0.25) is 0 Å². The van der Waals surface area contributed by atoms with E-state index in [0.717, 1.165) is 18.4 Å². The smallest absolute Gasteiger partial charge is 0.412 e. The lowest BCUT2D eigenvalue weighted by atomic mass is 9.96. The highest BCUT2D eigenvalue weighted by Gasteiger charge is 2.45. The van der Waals surface area contributed by atoms with Gasteiger partial charge in [-0.1, -0.05) is 6.07 Å². The molecule has 5 nitrogen and oxygen atoms in total. The topological polar surface area (TPSA) is 78.8 Å². The number of phenolic OH excluding ortho intramolecular Hbond substituents is 1. The summed E-state index contributed by atoms with van der Waals surface area (Å²) in [6.07, 6.45) is 1.18. The maximum Gasteiger partial charge on any atom is 0.412 e. The van der Waals surface area contributed by atoms with Crippen LogP contribution in [0.4, 0.5) is 10.5 Å². The summed E-state index contributed by atoms with van der Waals surface area (Å²) in [5.74, 6) is 0.0881. The Kier molecular flexibility index (Phi) is 3.65. The van der Waals surface area contributed by atoms with Crippen LogP contribution in [0.1, 0.15) is 39.2 Å². The zero-order valence-electron chi connectivity index (χ0n) is 12.1. The summed E-state index contributed by atoms with van der Waals surface area (Å²) in [4.78, 5) is 11.6. The van der Waals surface area contributed by atoms with E-state index in [1.54, 1.807) is 32.9 Å². The summed E-state index contributed by atoms with van der Waals surface area (Å²) < 4.78 is 5.14. The highest BCUT2D eigenvalue weighted by Crippen LogP contribution is 2.50. The number of hydrogen-bond donors (Lipinski definition) is 3. The van der Waals surface area contributed by atoms with E-state index in [9.17, 15) is 15.0 Å². The average molecular weight is 279 g/mol. The van der Waals surface area contributed by atoms with Crippen LogP contribution in [0.5, 0.6) is 5.75 Å². The third kappa shape index (κ3) is 3.22. The van der Waals surface area contributed by atoms with Crippen LogP contribution in [-0.2, 0) is 10.2 Å². The molecule has 0 aliphatic heterocycles. The molecule has 1 saturated carbocycles. The molecule has 1 amide bonds. The summed E-state index contributed by atoms with van der Waals surface area (Å²) in [5.41, 5.74) is 0.333. The molecule has 0 heterocycles. The molecule has 0 bridgehead atoms. The number of nitrogens with one attached hydrogen (secondary N) is 1. The number of benzene rings is 1. The molecule has 0 saturated heterocycles. The van der Waals surface area contributed by atoms with Crippen molar-refractivity contribution in [3.05, 3.63) is 23.8 Å². The Labute approximate surface area is 118 Å². The summed E-state index contributed by atoms with van der Waals surface area (Å²) in [6, 6.07) is 4.93. The second-order valence-electron chi connectivity index (χ2n) is 6.30. The Bertz CT molecular complexity index is 515. The van der Waals surface area contributed by atoms with E-state index in [1.165, 1.54) is 6.07 Å². The minimum absolute atomic E-state index is 0.0272. The quantitative estimate of drug-likeness (QED) is 0.795. The van der Waals surface area contributed by atoms with Crippen molar-refractivity contribution in [3.8, 4) is 5.75 Å². The number of anilines is 1. The monoisotopic (exact) mass is 279 g/mol. The van der Waals surface area contributed by atoms with Gasteiger partial charge in [-0.15, -0.1) is 0 Å². The minimum atomic E-state index is -0.568.